The number of rotatable bonds is 12. The molecule has 9 heteroatoms. The van der Waals surface area contributed by atoms with Crippen molar-refractivity contribution < 1.29 is 4.92 Å². The van der Waals surface area contributed by atoms with Gasteiger partial charge in [0.2, 0.25) is 0 Å². The van der Waals surface area contributed by atoms with Gasteiger partial charge in [-0.1, -0.05) is 6.08 Å². The Morgan fingerprint density at radius 2 is 2.42 bits per heavy atom. The second-order valence-electron chi connectivity index (χ2n) is 5.33. The summed E-state index contributed by atoms with van der Waals surface area (Å²) in [4.78, 5) is 21.2. The van der Waals surface area contributed by atoms with E-state index in [1.54, 1.807) is 29.2 Å². The molecule has 0 radical (unpaired) electrons. The smallest absolute Gasteiger partial charge is 0.259 e. The molecule has 0 bridgehead atoms. The molecular formula is C15H25N5O2S2. The lowest BCUT2D eigenvalue weighted by atomic mass is 10.4. The Hall–Kier alpha value is -1.45. The lowest BCUT2D eigenvalue weighted by Crippen LogP contribution is -2.30. The van der Waals surface area contributed by atoms with Crippen LogP contribution in [-0.2, 0) is 12.2 Å². The fraction of sp³-hybridized carbons (Fsp3) is 0.600. The molecule has 0 atom stereocenters. The van der Waals surface area contributed by atoms with Crippen molar-refractivity contribution in [3.8, 4) is 0 Å². The molecule has 0 aliphatic carbocycles. The fourth-order valence-corrected chi connectivity index (χ4v) is 3.36. The van der Waals surface area contributed by atoms with Crippen LogP contribution in [0.1, 0.15) is 10.7 Å². The SMILES string of the molecule is C=CCNC(C[N+](=O)[O-])=NCCSCc1csc(CCN(C)C)n1. The second-order valence-corrected chi connectivity index (χ2v) is 7.38. The molecule has 1 rings (SSSR count). The number of nitrogens with zero attached hydrogens (tertiary/aromatic N) is 4. The maximum atomic E-state index is 10.6. The van der Waals surface area contributed by atoms with Crippen LogP contribution in [0.3, 0.4) is 0 Å². The summed E-state index contributed by atoms with van der Waals surface area (Å²) in [6, 6.07) is 0. The molecule has 0 aliphatic heterocycles. The average molecular weight is 372 g/mol. The van der Waals surface area contributed by atoms with E-state index >= 15 is 0 Å². The normalized spacial score (nSPS) is 11.7. The summed E-state index contributed by atoms with van der Waals surface area (Å²) in [7, 11) is 4.12. The molecule has 0 saturated carbocycles. The van der Waals surface area contributed by atoms with Crippen molar-refractivity contribution in [3.05, 3.63) is 38.9 Å². The maximum absolute atomic E-state index is 10.6. The minimum Gasteiger partial charge on any atom is -0.365 e. The van der Waals surface area contributed by atoms with Gasteiger partial charge in [-0.3, -0.25) is 15.1 Å². The third-order valence-electron chi connectivity index (χ3n) is 2.89. The van der Waals surface area contributed by atoms with Gasteiger partial charge in [-0.15, -0.1) is 17.9 Å². The summed E-state index contributed by atoms with van der Waals surface area (Å²) in [5, 5.41) is 16.8. The lowest BCUT2D eigenvalue weighted by molar-refractivity contribution is -0.463. The summed E-state index contributed by atoms with van der Waals surface area (Å²) < 4.78 is 0. The largest absolute Gasteiger partial charge is 0.365 e. The first-order chi connectivity index (χ1) is 11.5. The van der Waals surface area contributed by atoms with E-state index in [1.165, 1.54) is 5.01 Å². The number of hydrogen-bond acceptors (Lipinski definition) is 7. The van der Waals surface area contributed by atoms with Gasteiger partial charge in [0.15, 0.2) is 5.84 Å². The van der Waals surface area contributed by atoms with Gasteiger partial charge in [-0.25, -0.2) is 4.98 Å². The Labute approximate surface area is 151 Å². The molecule has 0 fully saturated rings. The summed E-state index contributed by atoms with van der Waals surface area (Å²) in [5.74, 6) is 2.06. The molecule has 1 aromatic heterocycles. The van der Waals surface area contributed by atoms with E-state index in [4.69, 9.17) is 0 Å². The number of nitrogens with one attached hydrogen (secondary N) is 1. The molecule has 1 heterocycles. The first-order valence-electron chi connectivity index (χ1n) is 7.67. The van der Waals surface area contributed by atoms with Crippen LogP contribution < -0.4 is 5.32 Å². The predicted molar refractivity (Wildman–Crippen MR) is 103 cm³/mol. The van der Waals surface area contributed by atoms with Crippen LogP contribution in [0.15, 0.2) is 23.0 Å². The number of aliphatic imine (C=N–C) groups is 1. The van der Waals surface area contributed by atoms with E-state index in [0.29, 0.717) is 18.9 Å². The summed E-state index contributed by atoms with van der Waals surface area (Å²) >= 11 is 3.44. The molecule has 0 saturated heterocycles. The third-order valence-corrected chi connectivity index (χ3v) is 4.82. The standard InChI is InChI=1S/C15H25N5O2S2/c1-4-6-16-14(10-20(21)22)17-7-9-23-11-13-12-24-15(18-13)5-8-19(2)3/h4,12H,1,5-11H2,2-3H3,(H,16,17). The van der Waals surface area contributed by atoms with Crippen molar-refractivity contribution in [1.82, 2.24) is 15.2 Å². The monoisotopic (exact) mass is 371 g/mol. The van der Waals surface area contributed by atoms with Crippen LogP contribution in [0, 0.1) is 10.1 Å². The molecular weight excluding hydrogens is 346 g/mol. The second kappa shape index (κ2) is 12.0. The van der Waals surface area contributed by atoms with Gasteiger partial charge < -0.3 is 10.2 Å². The number of aromatic nitrogens is 1. The zero-order valence-corrected chi connectivity index (χ0v) is 15.9. The highest BCUT2D eigenvalue weighted by atomic mass is 32.2. The summed E-state index contributed by atoms with van der Waals surface area (Å²) in [5.41, 5.74) is 1.10. The zero-order valence-electron chi connectivity index (χ0n) is 14.2. The Balaban J connectivity index is 2.29. The number of thioether (sulfide) groups is 1. The van der Waals surface area contributed by atoms with Crippen molar-refractivity contribution >= 4 is 28.9 Å². The van der Waals surface area contributed by atoms with Gasteiger partial charge in [0.25, 0.3) is 6.54 Å². The van der Waals surface area contributed by atoms with Crippen molar-refractivity contribution in [3.63, 3.8) is 0 Å². The zero-order chi connectivity index (χ0) is 17.8. The van der Waals surface area contributed by atoms with E-state index in [2.05, 4.69) is 46.2 Å². The Morgan fingerprint density at radius 3 is 3.08 bits per heavy atom. The lowest BCUT2D eigenvalue weighted by Gasteiger charge is -2.06. The Kier molecular flexibility index (Phi) is 10.3. The van der Waals surface area contributed by atoms with Crippen molar-refractivity contribution in [2.24, 2.45) is 4.99 Å². The highest BCUT2D eigenvalue weighted by molar-refractivity contribution is 7.98. The van der Waals surface area contributed by atoms with Crippen molar-refractivity contribution in [2.75, 3.05) is 46.0 Å². The van der Waals surface area contributed by atoms with Crippen LogP contribution in [0.4, 0.5) is 0 Å². The van der Waals surface area contributed by atoms with E-state index in [-0.39, 0.29) is 11.5 Å². The van der Waals surface area contributed by atoms with E-state index in [0.717, 1.165) is 30.2 Å². The van der Waals surface area contributed by atoms with Crippen LogP contribution in [0.2, 0.25) is 0 Å². The number of amidine groups is 1. The van der Waals surface area contributed by atoms with Gasteiger partial charge in [0, 0.05) is 41.3 Å². The molecule has 0 spiro atoms. The van der Waals surface area contributed by atoms with E-state index in [9.17, 15) is 10.1 Å². The van der Waals surface area contributed by atoms with Crippen molar-refractivity contribution in [1.29, 1.82) is 0 Å². The molecule has 1 N–H and O–H groups in total. The quantitative estimate of drug-likeness (QED) is 0.151. The average Bonchev–Trinajstić information content (AvgIpc) is 2.97. The van der Waals surface area contributed by atoms with Crippen LogP contribution >= 0.6 is 23.1 Å². The molecule has 0 unspecified atom stereocenters. The maximum Gasteiger partial charge on any atom is 0.259 e. The number of nitro groups is 1. The summed E-state index contributed by atoms with van der Waals surface area (Å²) in [6.45, 7) is 5.34. The number of thiazole rings is 1. The predicted octanol–water partition coefficient (Wildman–Crippen LogP) is 1.93. The van der Waals surface area contributed by atoms with Gasteiger partial charge >= 0.3 is 0 Å². The molecule has 7 nitrogen and oxygen atoms in total. The highest BCUT2D eigenvalue weighted by Gasteiger charge is 2.06. The molecule has 1 aromatic rings. The molecule has 0 amide bonds. The van der Waals surface area contributed by atoms with Gasteiger partial charge in [0.1, 0.15) is 0 Å². The van der Waals surface area contributed by atoms with Gasteiger partial charge in [0.05, 0.1) is 17.2 Å². The van der Waals surface area contributed by atoms with Gasteiger partial charge in [-0.05, 0) is 14.1 Å². The molecule has 0 aliphatic rings. The Morgan fingerprint density at radius 1 is 1.62 bits per heavy atom. The Bertz CT molecular complexity index is 546. The topological polar surface area (TPSA) is 83.7 Å². The van der Waals surface area contributed by atoms with E-state index < -0.39 is 0 Å². The van der Waals surface area contributed by atoms with E-state index in [1.807, 2.05) is 0 Å². The molecule has 134 valence electrons. The minimum atomic E-state index is -0.382. The minimum absolute atomic E-state index is 0.278. The number of likely N-dealkylation sites (N-methyl/N-ethyl adjacent to an activating group) is 1. The molecule has 0 aromatic carbocycles. The van der Waals surface area contributed by atoms with Crippen LogP contribution in [-0.4, -0.2) is 66.7 Å². The summed E-state index contributed by atoms with van der Waals surface area (Å²) in [6.07, 6.45) is 2.63. The highest BCUT2D eigenvalue weighted by Crippen LogP contribution is 2.16. The first kappa shape index (κ1) is 20.6. The van der Waals surface area contributed by atoms with Crippen LogP contribution in [0.25, 0.3) is 0 Å². The number of hydrogen-bond donors (Lipinski definition) is 1. The third kappa shape index (κ3) is 9.64. The molecule has 24 heavy (non-hydrogen) atoms. The van der Waals surface area contributed by atoms with Crippen molar-refractivity contribution in [2.45, 2.75) is 12.2 Å². The first-order valence-corrected chi connectivity index (χ1v) is 9.70. The van der Waals surface area contributed by atoms with Gasteiger partial charge in [-0.2, -0.15) is 11.8 Å². The fourth-order valence-electron chi connectivity index (χ4n) is 1.75. The van der Waals surface area contributed by atoms with Crippen LogP contribution in [0.5, 0.6) is 0 Å².